The first-order valence-electron chi connectivity index (χ1n) is 10.0. The number of aromatic nitrogens is 3. The van der Waals surface area contributed by atoms with Crippen LogP contribution in [0, 0.1) is 0 Å². The lowest BCUT2D eigenvalue weighted by Gasteiger charge is -2.27. The number of carbonyl (C=O) groups excluding carboxylic acids is 2. The predicted molar refractivity (Wildman–Crippen MR) is 120 cm³/mol. The van der Waals surface area contributed by atoms with E-state index in [2.05, 4.69) is 20.8 Å². The predicted octanol–water partition coefficient (Wildman–Crippen LogP) is 2.22. The van der Waals surface area contributed by atoms with E-state index in [1.54, 1.807) is 32.2 Å². The molecule has 0 saturated carbocycles. The number of methoxy groups -OCH3 is 1. The second kappa shape index (κ2) is 9.69. The molecule has 11 nitrogen and oxygen atoms in total. The Morgan fingerprint density at radius 3 is 2.82 bits per heavy atom. The molecule has 1 aliphatic heterocycles. The van der Waals surface area contributed by atoms with Gasteiger partial charge in [0.25, 0.3) is 0 Å². The van der Waals surface area contributed by atoms with E-state index >= 15 is 0 Å². The van der Waals surface area contributed by atoms with Crippen molar-refractivity contribution in [1.82, 2.24) is 25.5 Å². The molecule has 3 heterocycles. The lowest BCUT2D eigenvalue weighted by atomic mass is 10.0. The summed E-state index contributed by atoms with van der Waals surface area (Å²) in [6, 6.07) is 9.40. The van der Waals surface area contributed by atoms with Crippen LogP contribution in [0.5, 0.6) is 5.75 Å². The molecule has 3 aromatic rings. The molecule has 0 radical (unpaired) electrons. The molecule has 33 heavy (non-hydrogen) atoms. The average Bonchev–Trinajstić information content (AvgIpc) is 3.47. The summed E-state index contributed by atoms with van der Waals surface area (Å²) in [5.74, 6) is 7.29. The van der Waals surface area contributed by atoms with Gasteiger partial charge in [-0.05, 0) is 31.2 Å². The monoisotopic (exact) mass is 470 g/mol. The van der Waals surface area contributed by atoms with Crippen LogP contribution in [-0.2, 0) is 9.53 Å². The zero-order valence-corrected chi connectivity index (χ0v) is 18.7. The summed E-state index contributed by atoms with van der Waals surface area (Å²) in [4.78, 5) is 25.1. The minimum atomic E-state index is -0.789. The zero-order chi connectivity index (χ0) is 23.4. The maximum atomic E-state index is 12.8. The van der Waals surface area contributed by atoms with Crippen LogP contribution < -0.4 is 21.2 Å². The Labute approximate surface area is 193 Å². The number of benzene rings is 1. The van der Waals surface area contributed by atoms with Crippen LogP contribution in [0.3, 0.4) is 0 Å². The van der Waals surface area contributed by atoms with Crippen molar-refractivity contribution < 1.29 is 23.5 Å². The third-order valence-electron chi connectivity index (χ3n) is 4.83. The zero-order valence-electron chi connectivity index (χ0n) is 17.9. The van der Waals surface area contributed by atoms with Crippen LogP contribution in [0.1, 0.15) is 18.7 Å². The molecule has 2 amide bonds. The topological polar surface area (TPSA) is 147 Å². The third kappa shape index (κ3) is 4.51. The number of hydrogen-bond donors (Lipinski definition) is 3. The molecule has 12 heteroatoms. The Morgan fingerprint density at radius 2 is 2.09 bits per heavy atom. The molecule has 172 valence electrons. The molecule has 0 bridgehead atoms. The van der Waals surface area contributed by atoms with Crippen molar-refractivity contribution in [3.8, 4) is 17.1 Å². The van der Waals surface area contributed by atoms with Crippen LogP contribution in [0.15, 0.2) is 63.5 Å². The van der Waals surface area contributed by atoms with Crippen molar-refractivity contribution in [3.05, 3.63) is 59.7 Å². The highest BCUT2D eigenvalue weighted by atomic mass is 32.2. The number of nitrogens with two attached hydrogens (primary N) is 1. The Bertz CT molecular complexity index is 1190. The van der Waals surface area contributed by atoms with E-state index in [4.69, 9.17) is 19.7 Å². The van der Waals surface area contributed by atoms with Crippen molar-refractivity contribution in [3.63, 3.8) is 0 Å². The van der Waals surface area contributed by atoms with Crippen molar-refractivity contribution in [2.45, 2.75) is 18.1 Å². The van der Waals surface area contributed by atoms with E-state index in [0.29, 0.717) is 33.8 Å². The molecule has 1 unspecified atom stereocenters. The fourth-order valence-electron chi connectivity index (χ4n) is 3.38. The quantitative estimate of drug-likeness (QED) is 0.256. The van der Waals surface area contributed by atoms with Gasteiger partial charge in [0, 0.05) is 11.4 Å². The molecule has 0 fully saturated rings. The lowest BCUT2D eigenvalue weighted by Crippen LogP contribution is -2.46. The molecule has 0 spiro atoms. The SMILES string of the molecule is CCOC(=O)C1=C(CSc2nnc(-c3ccccc3OC)n2N)NC(=O)NC1c1ccco1. The lowest BCUT2D eigenvalue weighted by molar-refractivity contribution is -0.139. The number of carbonyl (C=O) groups is 2. The van der Waals surface area contributed by atoms with Gasteiger partial charge in [-0.2, -0.15) is 0 Å². The molecular weight excluding hydrogens is 448 g/mol. The Morgan fingerprint density at radius 1 is 1.27 bits per heavy atom. The minimum absolute atomic E-state index is 0.181. The molecule has 1 atom stereocenters. The van der Waals surface area contributed by atoms with Gasteiger partial charge in [0.05, 0.1) is 31.1 Å². The minimum Gasteiger partial charge on any atom is -0.496 e. The van der Waals surface area contributed by atoms with Crippen molar-refractivity contribution in [2.24, 2.45) is 0 Å². The maximum Gasteiger partial charge on any atom is 0.338 e. The van der Waals surface area contributed by atoms with Gasteiger partial charge in [0.15, 0.2) is 5.82 Å². The summed E-state index contributed by atoms with van der Waals surface area (Å²) in [6.45, 7) is 1.89. The highest BCUT2D eigenvalue weighted by Crippen LogP contribution is 2.32. The third-order valence-corrected chi connectivity index (χ3v) is 5.80. The van der Waals surface area contributed by atoms with Gasteiger partial charge in [-0.3, -0.25) is 0 Å². The van der Waals surface area contributed by atoms with Gasteiger partial charge in [-0.1, -0.05) is 23.9 Å². The number of hydrogen-bond acceptors (Lipinski definition) is 9. The van der Waals surface area contributed by atoms with Crippen LogP contribution in [-0.4, -0.2) is 46.3 Å². The second-order valence-electron chi connectivity index (χ2n) is 6.82. The molecule has 1 aromatic carbocycles. The van der Waals surface area contributed by atoms with E-state index in [9.17, 15) is 9.59 Å². The highest BCUT2D eigenvalue weighted by Gasteiger charge is 2.35. The summed E-state index contributed by atoms with van der Waals surface area (Å²) >= 11 is 1.21. The summed E-state index contributed by atoms with van der Waals surface area (Å²) in [5, 5.41) is 14.1. The van der Waals surface area contributed by atoms with Gasteiger partial charge in [-0.25, -0.2) is 14.3 Å². The van der Waals surface area contributed by atoms with E-state index in [0.717, 1.165) is 0 Å². The van der Waals surface area contributed by atoms with E-state index in [1.807, 2.05) is 18.2 Å². The molecular formula is C21H22N6O5S. The molecule has 4 N–H and O–H groups in total. The molecule has 1 aliphatic rings. The number of amides is 2. The number of ether oxygens (including phenoxy) is 2. The Kier molecular flexibility index (Phi) is 6.54. The van der Waals surface area contributed by atoms with E-state index in [1.165, 1.54) is 22.7 Å². The number of nitrogens with zero attached hydrogens (tertiary/aromatic N) is 3. The second-order valence-corrected chi connectivity index (χ2v) is 7.77. The molecule has 0 aliphatic carbocycles. The summed E-state index contributed by atoms with van der Waals surface area (Å²) < 4.78 is 17.4. The number of rotatable bonds is 8. The smallest absolute Gasteiger partial charge is 0.338 e. The van der Waals surface area contributed by atoms with Crippen LogP contribution in [0.25, 0.3) is 11.4 Å². The van der Waals surface area contributed by atoms with Gasteiger partial charge < -0.3 is 30.4 Å². The molecule has 2 aromatic heterocycles. The number of thioether (sulfide) groups is 1. The van der Waals surface area contributed by atoms with Crippen LogP contribution >= 0.6 is 11.8 Å². The maximum absolute atomic E-state index is 12.8. The largest absolute Gasteiger partial charge is 0.496 e. The van der Waals surface area contributed by atoms with Gasteiger partial charge in [0.2, 0.25) is 5.16 Å². The van der Waals surface area contributed by atoms with Crippen molar-refractivity contribution in [1.29, 1.82) is 0 Å². The standard InChI is InChI=1S/C21H22N6O5S/c1-3-31-19(28)16-13(23-20(29)24-17(16)15-9-6-10-32-15)11-33-21-26-25-18(27(21)22)12-7-4-5-8-14(12)30-2/h4-10,17H,3,11,22H2,1-2H3,(H2,23,24,29). The number of nitrogen functional groups attached to an aromatic ring is 1. The number of urea groups is 1. The summed E-state index contributed by atoms with van der Waals surface area (Å²) in [5.41, 5.74) is 1.29. The normalized spacial score (nSPS) is 15.7. The van der Waals surface area contributed by atoms with Gasteiger partial charge in [-0.15, -0.1) is 10.2 Å². The van der Waals surface area contributed by atoms with Gasteiger partial charge in [0.1, 0.15) is 17.6 Å². The fraction of sp³-hybridized carbons (Fsp3) is 0.238. The van der Waals surface area contributed by atoms with Crippen molar-refractivity contribution >= 4 is 23.8 Å². The Hall–Kier alpha value is -3.93. The summed E-state index contributed by atoms with van der Waals surface area (Å²) in [7, 11) is 1.56. The highest BCUT2D eigenvalue weighted by molar-refractivity contribution is 7.99. The Balaban J connectivity index is 1.64. The summed E-state index contributed by atoms with van der Waals surface area (Å²) in [6.07, 6.45) is 1.47. The number of furan rings is 1. The van der Waals surface area contributed by atoms with Crippen molar-refractivity contribution in [2.75, 3.05) is 25.3 Å². The molecule has 4 rings (SSSR count). The van der Waals surface area contributed by atoms with Crippen LogP contribution in [0.2, 0.25) is 0 Å². The van der Waals surface area contributed by atoms with E-state index in [-0.39, 0.29) is 17.9 Å². The van der Waals surface area contributed by atoms with Crippen LogP contribution in [0.4, 0.5) is 4.79 Å². The first kappa shape index (κ1) is 22.3. The first-order valence-corrected chi connectivity index (χ1v) is 11.0. The number of nitrogens with one attached hydrogen (secondary N) is 2. The molecule has 0 saturated heterocycles. The average molecular weight is 471 g/mol. The number of para-hydroxylation sites is 1. The van der Waals surface area contributed by atoms with Gasteiger partial charge >= 0.3 is 12.0 Å². The first-order chi connectivity index (χ1) is 16.0. The fourth-order valence-corrected chi connectivity index (χ4v) is 4.20. The van der Waals surface area contributed by atoms with E-state index < -0.39 is 18.0 Å². The number of esters is 1.